The minimum atomic E-state index is -1.04. The molecular weight excluding hydrogens is 354 g/mol. The maximum atomic E-state index is 11.1. The molecule has 1 aromatic carbocycles. The third-order valence-electron chi connectivity index (χ3n) is 3.16. The monoisotopic (exact) mass is 365 g/mol. The van der Waals surface area contributed by atoms with Gasteiger partial charge >= 0.3 is 5.97 Å². The molecule has 0 saturated carbocycles. The van der Waals surface area contributed by atoms with E-state index >= 15 is 0 Å². The molecule has 0 unspecified atom stereocenters. The van der Waals surface area contributed by atoms with Crippen LogP contribution in [0.3, 0.4) is 0 Å². The van der Waals surface area contributed by atoms with Crippen molar-refractivity contribution in [1.82, 2.24) is 5.16 Å². The van der Waals surface area contributed by atoms with Crippen molar-refractivity contribution < 1.29 is 23.9 Å². The lowest BCUT2D eigenvalue weighted by Crippen LogP contribution is -2.01. The van der Waals surface area contributed by atoms with Gasteiger partial charge in [0.1, 0.15) is 12.3 Å². The summed E-state index contributed by atoms with van der Waals surface area (Å²) in [6.07, 6.45) is 0. The highest BCUT2D eigenvalue weighted by molar-refractivity contribution is 7.19. The summed E-state index contributed by atoms with van der Waals surface area (Å²) in [7, 11) is 1.48. The molecule has 0 fully saturated rings. The number of aromatic carboxylic acids is 1. The number of hydrogen-bond acceptors (Lipinski definition) is 6. The Labute approximate surface area is 146 Å². The SMILES string of the molecule is COc1ccc(C(=O)O)cc1OCc1cc(-c2ccc(Cl)s2)on1. The number of benzene rings is 1. The van der Waals surface area contributed by atoms with Gasteiger partial charge in [-0.1, -0.05) is 16.8 Å². The summed E-state index contributed by atoms with van der Waals surface area (Å²) in [5.41, 5.74) is 0.678. The van der Waals surface area contributed by atoms with Crippen LogP contribution in [-0.2, 0) is 6.61 Å². The van der Waals surface area contributed by atoms with Crippen molar-refractivity contribution in [2.45, 2.75) is 6.61 Å². The Morgan fingerprint density at radius 3 is 2.79 bits per heavy atom. The van der Waals surface area contributed by atoms with Crippen LogP contribution in [0, 0.1) is 0 Å². The minimum Gasteiger partial charge on any atom is -0.493 e. The summed E-state index contributed by atoms with van der Waals surface area (Å²) >= 11 is 7.29. The van der Waals surface area contributed by atoms with E-state index in [1.54, 1.807) is 18.2 Å². The third-order valence-corrected chi connectivity index (χ3v) is 4.41. The predicted molar refractivity (Wildman–Crippen MR) is 89.1 cm³/mol. The first-order valence-electron chi connectivity index (χ1n) is 6.82. The number of carboxylic acid groups (broad SMARTS) is 1. The Bertz CT molecular complexity index is 873. The number of carbonyl (C=O) groups is 1. The van der Waals surface area contributed by atoms with Crippen LogP contribution in [0.4, 0.5) is 0 Å². The zero-order valence-corrected chi connectivity index (χ0v) is 14.1. The van der Waals surface area contributed by atoms with E-state index in [-0.39, 0.29) is 12.2 Å². The average molecular weight is 366 g/mol. The van der Waals surface area contributed by atoms with Crippen molar-refractivity contribution in [3.05, 3.63) is 52.0 Å². The molecule has 0 atom stereocenters. The molecule has 0 radical (unpaired) electrons. The van der Waals surface area contributed by atoms with Crippen LogP contribution in [0.25, 0.3) is 10.6 Å². The van der Waals surface area contributed by atoms with Gasteiger partial charge < -0.3 is 19.1 Å². The third kappa shape index (κ3) is 3.52. The molecule has 124 valence electrons. The molecule has 0 spiro atoms. The van der Waals surface area contributed by atoms with Crippen molar-refractivity contribution >= 4 is 28.9 Å². The molecular formula is C16H12ClNO5S. The van der Waals surface area contributed by atoms with Gasteiger partial charge in [-0.25, -0.2) is 4.79 Å². The molecule has 3 rings (SSSR count). The van der Waals surface area contributed by atoms with Gasteiger partial charge in [0.15, 0.2) is 17.3 Å². The molecule has 0 bridgehead atoms. The Morgan fingerprint density at radius 1 is 1.29 bits per heavy atom. The van der Waals surface area contributed by atoms with Gasteiger partial charge in [0.25, 0.3) is 0 Å². The van der Waals surface area contributed by atoms with Gasteiger partial charge in [0.05, 0.1) is 21.9 Å². The maximum Gasteiger partial charge on any atom is 0.335 e. The van der Waals surface area contributed by atoms with Crippen LogP contribution in [-0.4, -0.2) is 23.3 Å². The van der Waals surface area contributed by atoms with Crippen molar-refractivity contribution in [3.63, 3.8) is 0 Å². The van der Waals surface area contributed by atoms with Gasteiger partial charge in [-0.3, -0.25) is 0 Å². The van der Waals surface area contributed by atoms with Gasteiger partial charge in [-0.05, 0) is 30.3 Å². The molecule has 0 aliphatic heterocycles. The van der Waals surface area contributed by atoms with Crippen LogP contribution in [0.5, 0.6) is 11.5 Å². The fourth-order valence-corrected chi connectivity index (χ4v) is 3.01. The number of aromatic nitrogens is 1. The van der Waals surface area contributed by atoms with Crippen LogP contribution in [0.15, 0.2) is 40.9 Å². The number of hydrogen-bond donors (Lipinski definition) is 1. The highest BCUT2D eigenvalue weighted by Crippen LogP contribution is 2.32. The molecule has 8 heteroatoms. The standard InChI is InChI=1S/C16H12ClNO5S/c1-21-11-3-2-9(16(19)20)6-12(11)22-8-10-7-13(23-18-10)14-4-5-15(17)24-14/h2-7H,8H2,1H3,(H,19,20). The summed E-state index contributed by atoms with van der Waals surface area (Å²) in [5.74, 6) is 0.312. The lowest BCUT2D eigenvalue weighted by molar-refractivity contribution is 0.0696. The second kappa shape index (κ2) is 6.94. The Hall–Kier alpha value is -2.51. The summed E-state index contributed by atoms with van der Waals surface area (Å²) < 4.78 is 16.7. The van der Waals surface area contributed by atoms with E-state index in [2.05, 4.69) is 5.16 Å². The van der Waals surface area contributed by atoms with Gasteiger partial charge in [0.2, 0.25) is 0 Å². The van der Waals surface area contributed by atoms with Crippen molar-refractivity contribution in [2.75, 3.05) is 7.11 Å². The highest BCUT2D eigenvalue weighted by Gasteiger charge is 2.13. The lowest BCUT2D eigenvalue weighted by Gasteiger charge is -2.10. The molecule has 2 heterocycles. The largest absolute Gasteiger partial charge is 0.493 e. The number of nitrogens with zero attached hydrogens (tertiary/aromatic N) is 1. The molecule has 3 aromatic rings. The van der Waals surface area contributed by atoms with E-state index in [0.29, 0.717) is 27.3 Å². The molecule has 0 aliphatic rings. The van der Waals surface area contributed by atoms with E-state index in [9.17, 15) is 4.79 Å². The van der Waals surface area contributed by atoms with Gasteiger partial charge in [0, 0.05) is 6.07 Å². The normalized spacial score (nSPS) is 10.6. The number of rotatable bonds is 6. The molecule has 2 aromatic heterocycles. The van der Waals surface area contributed by atoms with E-state index < -0.39 is 5.97 Å². The topological polar surface area (TPSA) is 81.8 Å². The van der Waals surface area contributed by atoms with Crippen molar-refractivity contribution in [3.8, 4) is 22.1 Å². The summed E-state index contributed by atoms with van der Waals surface area (Å²) in [5, 5.41) is 13.0. The van der Waals surface area contributed by atoms with Gasteiger partial charge in [-0.15, -0.1) is 11.3 Å². The van der Waals surface area contributed by atoms with Crippen molar-refractivity contribution in [2.24, 2.45) is 0 Å². The first-order valence-corrected chi connectivity index (χ1v) is 8.01. The Balaban J connectivity index is 1.75. The molecule has 1 N–H and O–H groups in total. The first-order chi connectivity index (χ1) is 11.6. The number of methoxy groups -OCH3 is 1. The summed E-state index contributed by atoms with van der Waals surface area (Å²) in [6.45, 7) is 0.113. The van der Waals surface area contributed by atoms with Crippen LogP contribution >= 0.6 is 22.9 Å². The minimum absolute atomic E-state index is 0.111. The first kappa shape index (κ1) is 16.4. The van der Waals surface area contributed by atoms with E-state index in [1.807, 2.05) is 6.07 Å². The van der Waals surface area contributed by atoms with Crippen molar-refractivity contribution in [1.29, 1.82) is 0 Å². The average Bonchev–Trinajstić information content (AvgIpc) is 3.21. The predicted octanol–water partition coefficient (Wildman–Crippen LogP) is 4.34. The maximum absolute atomic E-state index is 11.1. The van der Waals surface area contributed by atoms with Gasteiger partial charge in [-0.2, -0.15) is 0 Å². The quantitative estimate of drug-likeness (QED) is 0.699. The van der Waals surface area contributed by atoms with Crippen LogP contribution < -0.4 is 9.47 Å². The number of halogens is 1. The summed E-state index contributed by atoms with van der Waals surface area (Å²) in [6, 6.07) is 9.76. The number of carboxylic acids is 1. The molecule has 6 nitrogen and oxygen atoms in total. The molecule has 0 aliphatic carbocycles. The van der Waals surface area contributed by atoms with Crippen LogP contribution in [0.1, 0.15) is 16.1 Å². The lowest BCUT2D eigenvalue weighted by atomic mass is 10.2. The zero-order valence-electron chi connectivity index (χ0n) is 12.5. The fourth-order valence-electron chi connectivity index (χ4n) is 2.02. The molecule has 0 saturated heterocycles. The Kier molecular flexibility index (Phi) is 4.73. The number of ether oxygens (including phenoxy) is 2. The summed E-state index contributed by atoms with van der Waals surface area (Å²) in [4.78, 5) is 11.9. The Morgan fingerprint density at radius 2 is 2.12 bits per heavy atom. The van der Waals surface area contributed by atoms with E-state index in [0.717, 1.165) is 4.88 Å². The second-order valence-electron chi connectivity index (χ2n) is 4.75. The highest BCUT2D eigenvalue weighted by atomic mass is 35.5. The smallest absolute Gasteiger partial charge is 0.335 e. The zero-order chi connectivity index (χ0) is 17.1. The van der Waals surface area contributed by atoms with E-state index in [1.165, 1.54) is 30.6 Å². The van der Waals surface area contributed by atoms with Crippen LogP contribution in [0.2, 0.25) is 4.34 Å². The molecule has 24 heavy (non-hydrogen) atoms. The number of thiophene rings is 1. The van der Waals surface area contributed by atoms with E-state index in [4.69, 9.17) is 30.7 Å². The fraction of sp³-hybridized carbons (Fsp3) is 0.125. The molecule has 0 amide bonds. The second-order valence-corrected chi connectivity index (χ2v) is 6.46.